The van der Waals surface area contributed by atoms with Gasteiger partial charge >= 0.3 is 5.97 Å². The number of aromatic nitrogens is 1. The van der Waals surface area contributed by atoms with Gasteiger partial charge in [-0.3, -0.25) is 4.79 Å². The van der Waals surface area contributed by atoms with E-state index in [0.29, 0.717) is 33.5 Å². The van der Waals surface area contributed by atoms with Gasteiger partial charge in [0.1, 0.15) is 15.6 Å². The molecule has 1 unspecified atom stereocenters. The lowest BCUT2D eigenvalue weighted by atomic mass is 10.1. The van der Waals surface area contributed by atoms with Crippen LogP contribution in [0, 0.1) is 6.92 Å². The lowest BCUT2D eigenvalue weighted by Gasteiger charge is -2.14. The number of benzene rings is 1. The summed E-state index contributed by atoms with van der Waals surface area (Å²) in [5.41, 5.74) is 1.87. The molecule has 0 radical (unpaired) electrons. The van der Waals surface area contributed by atoms with Crippen molar-refractivity contribution < 1.29 is 19.1 Å². The largest absolute Gasteiger partial charge is 0.490 e. The van der Waals surface area contributed by atoms with Gasteiger partial charge in [-0.15, -0.1) is 11.3 Å². The van der Waals surface area contributed by atoms with Gasteiger partial charge < -0.3 is 9.47 Å². The first-order valence-electron chi connectivity index (χ1n) is 7.90. The van der Waals surface area contributed by atoms with Crippen LogP contribution in [0.15, 0.2) is 18.2 Å². The molecule has 0 N–H and O–H groups in total. The number of carbonyl (C=O) groups is 2. The number of aryl methyl sites for hydroxylation is 1. The number of carbonyl (C=O) groups excluding carboxylic acids is 2. The number of nitrogens with zero attached hydrogens (tertiary/aromatic N) is 1. The van der Waals surface area contributed by atoms with Crippen molar-refractivity contribution in [1.29, 1.82) is 0 Å². The monoisotopic (exact) mass is 347 g/mol. The average Bonchev–Trinajstić information content (AvgIpc) is 2.97. The van der Waals surface area contributed by atoms with E-state index in [1.807, 2.05) is 19.9 Å². The average molecular weight is 347 g/mol. The number of thiazole rings is 1. The maximum atomic E-state index is 11.9. The Kier molecular flexibility index (Phi) is 6.09. The fourth-order valence-corrected chi connectivity index (χ4v) is 3.04. The number of rotatable bonds is 7. The van der Waals surface area contributed by atoms with E-state index in [2.05, 4.69) is 4.98 Å². The molecular weight excluding hydrogens is 326 g/mol. The summed E-state index contributed by atoms with van der Waals surface area (Å²) in [5, 5.41) is 0.675. The zero-order valence-corrected chi connectivity index (χ0v) is 15.1. The van der Waals surface area contributed by atoms with Gasteiger partial charge in [-0.2, -0.15) is 0 Å². The van der Waals surface area contributed by atoms with Crippen molar-refractivity contribution in [3.63, 3.8) is 0 Å². The van der Waals surface area contributed by atoms with E-state index in [9.17, 15) is 9.59 Å². The maximum Gasteiger partial charge on any atom is 0.350 e. The minimum absolute atomic E-state index is 0.0343. The number of ether oxygens (including phenoxy) is 2. The molecule has 1 aromatic carbocycles. The summed E-state index contributed by atoms with van der Waals surface area (Å²) in [7, 11) is 0. The molecule has 0 aliphatic carbocycles. The standard InChI is InChI=1S/C18H21NO4S/c1-5-11(3)23-15-8-7-13(9-14(15)10-20)17-19-12(4)16(24-17)18(21)22-6-2/h7-11H,5-6H2,1-4H3. The molecule has 2 aromatic rings. The molecule has 1 aromatic heterocycles. The second-order valence-electron chi connectivity index (χ2n) is 5.36. The van der Waals surface area contributed by atoms with Crippen LogP contribution in [0.25, 0.3) is 10.6 Å². The predicted molar refractivity (Wildman–Crippen MR) is 94.0 cm³/mol. The van der Waals surface area contributed by atoms with Crippen LogP contribution in [-0.4, -0.2) is 30.0 Å². The van der Waals surface area contributed by atoms with Crippen LogP contribution in [0.5, 0.6) is 5.75 Å². The lowest BCUT2D eigenvalue weighted by Crippen LogP contribution is -2.11. The predicted octanol–water partition coefficient (Wildman–Crippen LogP) is 4.29. The lowest BCUT2D eigenvalue weighted by molar-refractivity contribution is 0.0531. The number of hydrogen-bond donors (Lipinski definition) is 0. The van der Waals surface area contributed by atoms with Crippen LogP contribution in [0.2, 0.25) is 0 Å². The second-order valence-corrected chi connectivity index (χ2v) is 6.36. The summed E-state index contributed by atoms with van der Waals surface area (Å²) in [6.45, 7) is 7.84. The van der Waals surface area contributed by atoms with Crippen molar-refractivity contribution in [2.45, 2.75) is 40.2 Å². The summed E-state index contributed by atoms with van der Waals surface area (Å²) in [6.07, 6.45) is 1.66. The Morgan fingerprint density at radius 2 is 2.12 bits per heavy atom. The van der Waals surface area contributed by atoms with E-state index >= 15 is 0 Å². The Labute approximate surface area is 145 Å². The molecule has 0 saturated heterocycles. The molecule has 0 spiro atoms. The number of hydrogen-bond acceptors (Lipinski definition) is 6. The van der Waals surface area contributed by atoms with Crippen LogP contribution in [-0.2, 0) is 4.74 Å². The van der Waals surface area contributed by atoms with Crippen molar-refractivity contribution >= 4 is 23.6 Å². The highest BCUT2D eigenvalue weighted by Gasteiger charge is 2.18. The molecule has 128 valence electrons. The molecule has 0 fully saturated rings. The van der Waals surface area contributed by atoms with E-state index in [4.69, 9.17) is 9.47 Å². The van der Waals surface area contributed by atoms with E-state index in [1.165, 1.54) is 11.3 Å². The fraction of sp³-hybridized carbons (Fsp3) is 0.389. The highest BCUT2D eigenvalue weighted by molar-refractivity contribution is 7.17. The summed E-state index contributed by atoms with van der Waals surface area (Å²) in [5.74, 6) is 0.188. The quantitative estimate of drug-likeness (QED) is 0.552. The Morgan fingerprint density at radius 1 is 1.38 bits per heavy atom. The normalized spacial score (nSPS) is 11.8. The van der Waals surface area contributed by atoms with Crippen LogP contribution in [0.3, 0.4) is 0 Å². The summed E-state index contributed by atoms with van der Waals surface area (Å²) in [6, 6.07) is 5.35. The molecule has 0 aliphatic rings. The van der Waals surface area contributed by atoms with Gasteiger partial charge in [0.25, 0.3) is 0 Å². The zero-order chi connectivity index (χ0) is 17.7. The Hall–Kier alpha value is -2.21. The van der Waals surface area contributed by atoms with E-state index in [-0.39, 0.29) is 12.1 Å². The van der Waals surface area contributed by atoms with Crippen molar-refractivity contribution in [1.82, 2.24) is 4.98 Å². The minimum atomic E-state index is -0.369. The third kappa shape index (κ3) is 4.00. The molecule has 0 saturated carbocycles. The van der Waals surface area contributed by atoms with Crippen molar-refractivity contribution in [3.8, 4) is 16.3 Å². The van der Waals surface area contributed by atoms with Gasteiger partial charge in [0, 0.05) is 5.56 Å². The summed E-state index contributed by atoms with van der Waals surface area (Å²) >= 11 is 1.26. The maximum absolute atomic E-state index is 11.9. The van der Waals surface area contributed by atoms with Crippen LogP contribution in [0.4, 0.5) is 0 Å². The van der Waals surface area contributed by atoms with Crippen molar-refractivity contribution in [2.24, 2.45) is 0 Å². The second kappa shape index (κ2) is 8.06. The van der Waals surface area contributed by atoms with E-state index in [0.717, 1.165) is 18.3 Å². The van der Waals surface area contributed by atoms with Gasteiger partial charge in [0.05, 0.1) is 24.0 Å². The first kappa shape index (κ1) is 18.1. The molecular formula is C18H21NO4S. The molecule has 0 aliphatic heterocycles. The third-order valence-corrected chi connectivity index (χ3v) is 4.73. The smallest absolute Gasteiger partial charge is 0.350 e. The van der Waals surface area contributed by atoms with Crippen molar-refractivity contribution in [2.75, 3.05) is 6.61 Å². The Balaban J connectivity index is 2.34. The molecule has 0 amide bonds. The van der Waals surface area contributed by atoms with E-state index in [1.54, 1.807) is 26.0 Å². The SMILES string of the molecule is CCOC(=O)c1sc(-c2ccc(OC(C)CC)c(C=O)c2)nc1C. The highest BCUT2D eigenvalue weighted by atomic mass is 32.1. The fourth-order valence-electron chi connectivity index (χ4n) is 2.09. The number of esters is 1. The first-order chi connectivity index (χ1) is 11.5. The Morgan fingerprint density at radius 3 is 2.75 bits per heavy atom. The molecule has 24 heavy (non-hydrogen) atoms. The molecule has 1 atom stereocenters. The summed E-state index contributed by atoms with van der Waals surface area (Å²) in [4.78, 5) is 28.2. The molecule has 2 rings (SSSR count). The minimum Gasteiger partial charge on any atom is -0.490 e. The Bertz CT molecular complexity index is 739. The van der Waals surface area contributed by atoms with Gasteiger partial charge in [-0.1, -0.05) is 6.92 Å². The van der Waals surface area contributed by atoms with Crippen molar-refractivity contribution in [3.05, 3.63) is 34.3 Å². The van der Waals surface area contributed by atoms with E-state index < -0.39 is 0 Å². The molecule has 5 nitrogen and oxygen atoms in total. The molecule has 6 heteroatoms. The third-order valence-electron chi connectivity index (χ3n) is 3.54. The topological polar surface area (TPSA) is 65.5 Å². The zero-order valence-electron chi connectivity index (χ0n) is 14.3. The van der Waals surface area contributed by atoms with Gasteiger partial charge in [0.15, 0.2) is 6.29 Å². The molecule has 1 heterocycles. The first-order valence-corrected chi connectivity index (χ1v) is 8.72. The summed E-state index contributed by atoms with van der Waals surface area (Å²) < 4.78 is 10.8. The molecule has 0 bridgehead atoms. The highest BCUT2D eigenvalue weighted by Crippen LogP contribution is 2.31. The van der Waals surface area contributed by atoms with Crippen LogP contribution in [0.1, 0.15) is 52.9 Å². The van der Waals surface area contributed by atoms with Crippen LogP contribution < -0.4 is 4.74 Å². The van der Waals surface area contributed by atoms with Crippen LogP contribution >= 0.6 is 11.3 Å². The van der Waals surface area contributed by atoms with Gasteiger partial charge in [0.2, 0.25) is 0 Å². The van der Waals surface area contributed by atoms with Gasteiger partial charge in [-0.05, 0) is 45.4 Å². The van der Waals surface area contributed by atoms with Gasteiger partial charge in [-0.25, -0.2) is 9.78 Å². The number of aldehydes is 1.